The molecule has 3 aromatic carbocycles. The van der Waals surface area contributed by atoms with Crippen LogP contribution in [0.15, 0.2) is 72.8 Å². The van der Waals surface area contributed by atoms with Crippen LogP contribution < -0.4 is 5.32 Å². The first-order valence-corrected chi connectivity index (χ1v) is 16.1. The Morgan fingerprint density at radius 1 is 1.16 bits per heavy atom. The minimum Gasteiger partial charge on any atom is -0.760 e. The molecule has 2 fully saturated rings. The third-order valence-electron chi connectivity index (χ3n) is 8.92. The highest BCUT2D eigenvalue weighted by molar-refractivity contribution is 7.76. The molecule has 0 aromatic heterocycles. The number of piperidine rings is 1. The van der Waals surface area contributed by atoms with Gasteiger partial charge in [-0.2, -0.15) is 5.26 Å². The van der Waals surface area contributed by atoms with Crippen LogP contribution in [0.4, 0.5) is 0 Å². The normalized spacial score (nSPS) is 26.0. The first-order valence-electron chi connectivity index (χ1n) is 14.4. The smallest absolute Gasteiger partial charge is 0.304 e. The summed E-state index contributed by atoms with van der Waals surface area (Å²) >= 11 is 10.1. The lowest BCUT2D eigenvalue weighted by atomic mass is 9.68. The molecule has 1 heterocycles. The lowest BCUT2D eigenvalue weighted by Gasteiger charge is -2.43. The van der Waals surface area contributed by atoms with Crippen molar-refractivity contribution >= 4 is 46.3 Å². The maximum atomic E-state index is 13.4. The number of hydrogen-bond acceptors (Lipinski definition) is 5. The van der Waals surface area contributed by atoms with E-state index in [-0.39, 0.29) is 48.7 Å². The molecular weight excluding hydrogens is 621 g/mol. The molecule has 1 amide bonds. The van der Waals surface area contributed by atoms with Crippen LogP contribution in [0.5, 0.6) is 0 Å². The Morgan fingerprint density at radius 2 is 1.89 bits per heavy atom. The van der Waals surface area contributed by atoms with Gasteiger partial charge in [0.1, 0.15) is 0 Å². The minimum absolute atomic E-state index is 0.0440. The van der Waals surface area contributed by atoms with Crippen molar-refractivity contribution in [3.8, 4) is 6.07 Å². The molecule has 1 aliphatic heterocycles. The van der Waals surface area contributed by atoms with Crippen LogP contribution in [0.1, 0.15) is 66.7 Å². The predicted octanol–water partition coefficient (Wildman–Crippen LogP) is 6.18. The van der Waals surface area contributed by atoms with E-state index in [9.17, 15) is 28.7 Å². The fraction of sp³-hybridized carbons (Fsp3) is 0.364. The Labute approximate surface area is 269 Å². The van der Waals surface area contributed by atoms with Crippen molar-refractivity contribution in [2.45, 2.75) is 63.1 Å². The number of nitrogens with zero attached hydrogens (tertiary/aromatic N) is 2. The molecule has 5 rings (SSSR count). The SMILES string of the molecule is C[C@@]1(CC(=O)O)C[C@H](c2cccc(Cl)c2)[C@H](C[C@H](c2ccc(Cl)cc2)C2CC2N(Cc2cccc(C#N)c2)S(=O)[O-])NC1=O. The van der Waals surface area contributed by atoms with Crippen molar-refractivity contribution in [2.24, 2.45) is 11.3 Å². The van der Waals surface area contributed by atoms with Gasteiger partial charge in [-0.05, 0) is 84.2 Å². The third-order valence-corrected chi connectivity index (χ3v) is 10.2. The number of nitriles is 1. The second-order valence-corrected chi connectivity index (χ2v) is 13.8. The van der Waals surface area contributed by atoms with E-state index in [0.717, 1.165) is 16.7 Å². The maximum Gasteiger partial charge on any atom is 0.304 e. The highest BCUT2D eigenvalue weighted by Gasteiger charge is 2.51. The average Bonchev–Trinajstić information content (AvgIpc) is 3.76. The van der Waals surface area contributed by atoms with Gasteiger partial charge in [0.25, 0.3) is 0 Å². The maximum absolute atomic E-state index is 13.4. The summed E-state index contributed by atoms with van der Waals surface area (Å²) in [7, 11) is 0. The molecular formula is C33H32Cl2N3O5S-. The highest BCUT2D eigenvalue weighted by atomic mass is 35.5. The first kappa shape index (κ1) is 32.1. The summed E-state index contributed by atoms with van der Waals surface area (Å²) in [6, 6.07) is 23.2. The molecule has 1 saturated heterocycles. The van der Waals surface area contributed by atoms with Crippen LogP contribution in [0.2, 0.25) is 10.0 Å². The standard InChI is InChI=1S/C33H33Cl2N3O5S/c1-33(17-31(39)40)16-28(23-6-3-7-25(35)13-23)29(37-32(33)41)14-26(22-8-10-24(34)11-9-22)27-15-30(27)38(44(42)43)19-21-5-2-4-20(12-21)18-36/h2-13,26-30H,14-17,19H2,1H3,(H,37,41)(H,39,40)(H,42,43)/p-1/t26-,27?,28-,29+,30?,33+/m1/s1. The van der Waals surface area contributed by atoms with Gasteiger partial charge in [-0.1, -0.05) is 66.5 Å². The number of carbonyl (C=O) groups is 2. The number of rotatable bonds is 11. The zero-order valence-electron chi connectivity index (χ0n) is 24.0. The van der Waals surface area contributed by atoms with Crippen molar-refractivity contribution in [1.29, 1.82) is 5.26 Å². The van der Waals surface area contributed by atoms with E-state index in [1.807, 2.05) is 30.3 Å². The van der Waals surface area contributed by atoms with Crippen LogP contribution in [0, 0.1) is 22.7 Å². The second kappa shape index (κ2) is 13.4. The summed E-state index contributed by atoms with van der Waals surface area (Å²) in [4.78, 5) is 25.2. The number of carbonyl (C=O) groups excluding carboxylic acids is 1. The van der Waals surface area contributed by atoms with Crippen LogP contribution >= 0.6 is 23.2 Å². The summed E-state index contributed by atoms with van der Waals surface area (Å²) in [5, 5.41) is 23.2. The van der Waals surface area contributed by atoms with Gasteiger partial charge >= 0.3 is 5.97 Å². The number of aliphatic carboxylic acids is 1. The molecule has 11 heteroatoms. The first-order chi connectivity index (χ1) is 21.0. The van der Waals surface area contributed by atoms with Crippen LogP contribution in [0.25, 0.3) is 0 Å². The number of hydrogen-bond donors (Lipinski definition) is 2. The predicted molar refractivity (Wildman–Crippen MR) is 167 cm³/mol. The Morgan fingerprint density at radius 3 is 2.55 bits per heavy atom. The summed E-state index contributed by atoms with van der Waals surface area (Å²) in [6.07, 6.45) is 1.14. The molecule has 1 aliphatic carbocycles. The van der Waals surface area contributed by atoms with E-state index in [1.165, 1.54) is 4.31 Å². The zero-order chi connectivity index (χ0) is 31.6. The van der Waals surface area contributed by atoms with Crippen molar-refractivity contribution in [3.05, 3.63) is 105 Å². The number of benzene rings is 3. The number of amides is 1. The van der Waals surface area contributed by atoms with Crippen molar-refractivity contribution in [2.75, 3.05) is 0 Å². The minimum atomic E-state index is -2.51. The Bertz CT molecular complexity index is 1610. The van der Waals surface area contributed by atoms with Gasteiger partial charge in [0, 0.05) is 45.9 Å². The van der Waals surface area contributed by atoms with Crippen molar-refractivity contribution < 1.29 is 23.5 Å². The Balaban J connectivity index is 1.46. The average molecular weight is 654 g/mol. The van der Waals surface area contributed by atoms with E-state index in [4.69, 9.17) is 23.2 Å². The van der Waals surface area contributed by atoms with Gasteiger partial charge in [-0.3, -0.25) is 13.8 Å². The lowest BCUT2D eigenvalue weighted by molar-refractivity contribution is -0.147. The molecule has 0 spiro atoms. The van der Waals surface area contributed by atoms with E-state index in [2.05, 4.69) is 11.4 Å². The molecule has 8 nitrogen and oxygen atoms in total. The van der Waals surface area contributed by atoms with Crippen LogP contribution in [0.3, 0.4) is 0 Å². The summed E-state index contributed by atoms with van der Waals surface area (Å²) < 4.78 is 26.4. The summed E-state index contributed by atoms with van der Waals surface area (Å²) in [6.45, 7) is 1.82. The molecule has 44 heavy (non-hydrogen) atoms. The molecule has 0 radical (unpaired) electrons. The molecule has 230 valence electrons. The Hall–Kier alpha value is -3.26. The van der Waals surface area contributed by atoms with Gasteiger partial charge in [0.15, 0.2) is 0 Å². The number of nitrogens with one attached hydrogen (secondary N) is 1. The summed E-state index contributed by atoms with van der Waals surface area (Å²) in [5.41, 5.74) is 1.95. The van der Waals surface area contributed by atoms with Gasteiger partial charge in [0.2, 0.25) is 5.91 Å². The van der Waals surface area contributed by atoms with Gasteiger partial charge < -0.3 is 15.0 Å². The fourth-order valence-corrected chi connectivity index (χ4v) is 7.71. The number of halogens is 2. The van der Waals surface area contributed by atoms with Gasteiger partial charge in [0.05, 0.1) is 23.5 Å². The molecule has 0 bridgehead atoms. The second-order valence-electron chi connectivity index (χ2n) is 12.0. The van der Waals surface area contributed by atoms with E-state index < -0.39 is 22.7 Å². The van der Waals surface area contributed by atoms with Gasteiger partial charge in [-0.25, -0.2) is 4.31 Å². The van der Waals surface area contributed by atoms with Crippen LogP contribution in [-0.4, -0.2) is 42.1 Å². The van der Waals surface area contributed by atoms with E-state index in [0.29, 0.717) is 34.9 Å². The van der Waals surface area contributed by atoms with Crippen molar-refractivity contribution in [3.63, 3.8) is 0 Å². The van der Waals surface area contributed by atoms with Crippen LogP contribution in [-0.2, 0) is 27.4 Å². The summed E-state index contributed by atoms with van der Waals surface area (Å²) in [5.74, 6) is -1.76. The fourth-order valence-electron chi connectivity index (χ4n) is 6.67. The largest absolute Gasteiger partial charge is 0.760 e. The molecule has 1 saturated carbocycles. The Kier molecular flexibility index (Phi) is 9.78. The monoisotopic (exact) mass is 652 g/mol. The molecule has 7 atom stereocenters. The third kappa shape index (κ3) is 7.33. The van der Waals surface area contributed by atoms with E-state index >= 15 is 0 Å². The molecule has 3 aromatic rings. The molecule has 2 N–H and O–H groups in total. The van der Waals surface area contributed by atoms with Gasteiger partial charge in [-0.15, -0.1) is 0 Å². The number of carboxylic acid groups (broad SMARTS) is 1. The molecule has 3 unspecified atom stereocenters. The molecule has 2 aliphatic rings. The van der Waals surface area contributed by atoms with Crippen molar-refractivity contribution in [1.82, 2.24) is 9.62 Å². The number of carboxylic acids is 1. The highest BCUT2D eigenvalue weighted by Crippen LogP contribution is 2.51. The topological polar surface area (TPSA) is 134 Å². The zero-order valence-corrected chi connectivity index (χ0v) is 26.3. The lowest BCUT2D eigenvalue weighted by Crippen LogP contribution is -2.54. The quantitative estimate of drug-likeness (QED) is 0.238. The van der Waals surface area contributed by atoms with E-state index in [1.54, 1.807) is 49.4 Å².